The highest BCUT2D eigenvalue weighted by Crippen LogP contribution is 2.44. The topological polar surface area (TPSA) is 61.3 Å². The van der Waals surface area contributed by atoms with Crippen LogP contribution >= 0.6 is 0 Å². The molecule has 0 bridgehead atoms. The van der Waals surface area contributed by atoms with E-state index in [1.165, 1.54) is 19.0 Å². The Morgan fingerprint density at radius 1 is 1.52 bits per heavy atom. The average molecular weight is 294 g/mol. The Kier molecular flexibility index (Phi) is 3.97. The van der Waals surface area contributed by atoms with Crippen molar-refractivity contribution in [2.24, 2.45) is 11.3 Å². The van der Waals surface area contributed by atoms with Crippen LogP contribution in [-0.4, -0.2) is 41.8 Å². The fourth-order valence-electron chi connectivity index (χ4n) is 3.36. The minimum atomic E-state index is -0.440. The molecular formula is C15H23FN4O. The summed E-state index contributed by atoms with van der Waals surface area (Å²) in [5.74, 6) is 1.11. The molecule has 0 spiro atoms. The number of nitrogens with one attached hydrogen (secondary N) is 1. The second-order valence-corrected chi connectivity index (χ2v) is 6.45. The van der Waals surface area contributed by atoms with E-state index in [0.717, 1.165) is 38.3 Å². The first kappa shape index (κ1) is 14.5. The Labute approximate surface area is 124 Å². The van der Waals surface area contributed by atoms with Crippen LogP contribution < -0.4 is 10.2 Å². The SMILES string of the molecule is CNc1nc(N2CCC[C@@](CO)(CC3CC3)C2)ncc1F. The molecule has 2 heterocycles. The standard InChI is InChI=1S/C15H23FN4O/c1-17-13-12(16)8-18-14(19-13)20-6-2-5-15(9-20,10-21)7-11-3-4-11/h8,11,21H,2-7,9-10H2,1H3,(H,17,18,19)/t15-/m1/s1. The molecule has 2 fully saturated rings. The number of piperidine rings is 1. The molecule has 1 aromatic rings. The van der Waals surface area contributed by atoms with Gasteiger partial charge in [0.2, 0.25) is 5.95 Å². The summed E-state index contributed by atoms with van der Waals surface area (Å²) in [5.41, 5.74) is -0.0447. The third-order valence-corrected chi connectivity index (χ3v) is 4.67. The first-order valence-corrected chi connectivity index (χ1v) is 7.72. The quantitative estimate of drug-likeness (QED) is 0.870. The largest absolute Gasteiger partial charge is 0.396 e. The van der Waals surface area contributed by atoms with Gasteiger partial charge in [0.25, 0.3) is 0 Å². The lowest BCUT2D eigenvalue weighted by Crippen LogP contribution is -2.46. The number of hydrogen-bond acceptors (Lipinski definition) is 5. The van der Waals surface area contributed by atoms with E-state index in [1.54, 1.807) is 7.05 Å². The molecule has 2 N–H and O–H groups in total. The number of aliphatic hydroxyl groups is 1. The third-order valence-electron chi connectivity index (χ3n) is 4.67. The molecule has 1 saturated carbocycles. The molecule has 21 heavy (non-hydrogen) atoms. The molecule has 1 aliphatic heterocycles. The number of hydrogen-bond donors (Lipinski definition) is 2. The first-order valence-electron chi connectivity index (χ1n) is 7.72. The normalized spacial score (nSPS) is 26.0. The van der Waals surface area contributed by atoms with E-state index < -0.39 is 5.82 Å². The molecule has 1 aromatic heterocycles. The highest BCUT2D eigenvalue weighted by molar-refractivity contribution is 5.42. The maximum atomic E-state index is 13.5. The van der Waals surface area contributed by atoms with Crippen molar-refractivity contribution < 1.29 is 9.50 Å². The molecule has 6 heteroatoms. The average Bonchev–Trinajstić information content (AvgIpc) is 3.32. The number of aliphatic hydroxyl groups excluding tert-OH is 1. The van der Waals surface area contributed by atoms with Gasteiger partial charge in [-0.05, 0) is 25.2 Å². The van der Waals surface area contributed by atoms with E-state index in [9.17, 15) is 9.50 Å². The lowest BCUT2D eigenvalue weighted by Gasteiger charge is -2.42. The molecule has 0 aromatic carbocycles. The molecule has 3 rings (SSSR count). The van der Waals surface area contributed by atoms with Gasteiger partial charge in [-0.15, -0.1) is 0 Å². The van der Waals surface area contributed by atoms with E-state index in [-0.39, 0.29) is 17.8 Å². The molecular weight excluding hydrogens is 271 g/mol. The van der Waals surface area contributed by atoms with Gasteiger partial charge >= 0.3 is 0 Å². The maximum absolute atomic E-state index is 13.5. The molecule has 1 atom stereocenters. The number of anilines is 2. The number of halogens is 1. The fourth-order valence-corrected chi connectivity index (χ4v) is 3.36. The second-order valence-electron chi connectivity index (χ2n) is 6.45. The van der Waals surface area contributed by atoms with E-state index >= 15 is 0 Å². The summed E-state index contributed by atoms with van der Waals surface area (Å²) in [6.45, 7) is 1.83. The van der Waals surface area contributed by atoms with Crippen LogP contribution in [0.25, 0.3) is 0 Å². The molecule has 1 saturated heterocycles. The molecule has 116 valence electrons. The molecule has 0 unspecified atom stereocenters. The monoisotopic (exact) mass is 294 g/mol. The Morgan fingerprint density at radius 2 is 2.33 bits per heavy atom. The minimum absolute atomic E-state index is 0.0447. The minimum Gasteiger partial charge on any atom is -0.396 e. The summed E-state index contributed by atoms with van der Waals surface area (Å²) in [6, 6.07) is 0. The molecule has 0 radical (unpaired) electrons. The van der Waals surface area contributed by atoms with Crippen LogP contribution in [0.3, 0.4) is 0 Å². The van der Waals surface area contributed by atoms with E-state index in [4.69, 9.17) is 0 Å². The Bertz CT molecular complexity index is 508. The highest BCUT2D eigenvalue weighted by Gasteiger charge is 2.40. The molecule has 1 aliphatic carbocycles. The molecule has 0 amide bonds. The van der Waals surface area contributed by atoms with Crippen LogP contribution in [0, 0.1) is 17.2 Å². The predicted molar refractivity (Wildman–Crippen MR) is 79.8 cm³/mol. The van der Waals surface area contributed by atoms with E-state index in [0.29, 0.717) is 5.95 Å². The van der Waals surface area contributed by atoms with Gasteiger partial charge in [0.15, 0.2) is 11.6 Å². The second kappa shape index (κ2) is 5.75. The summed E-state index contributed by atoms with van der Waals surface area (Å²) in [7, 11) is 1.65. The first-order chi connectivity index (χ1) is 10.2. The smallest absolute Gasteiger partial charge is 0.227 e. The Balaban J connectivity index is 1.78. The predicted octanol–water partition coefficient (Wildman–Crippen LogP) is 2.04. The van der Waals surface area contributed by atoms with Crippen LogP contribution in [0.2, 0.25) is 0 Å². The zero-order chi connectivity index (χ0) is 14.9. The van der Waals surface area contributed by atoms with Crippen LogP contribution in [0.4, 0.5) is 16.2 Å². The summed E-state index contributed by atoms with van der Waals surface area (Å²) in [6.07, 6.45) is 6.95. The van der Waals surface area contributed by atoms with Crippen molar-refractivity contribution in [1.29, 1.82) is 0 Å². The Morgan fingerprint density at radius 3 is 3.00 bits per heavy atom. The van der Waals surface area contributed by atoms with Crippen molar-refractivity contribution in [1.82, 2.24) is 9.97 Å². The van der Waals surface area contributed by atoms with Crippen molar-refractivity contribution in [3.8, 4) is 0 Å². The van der Waals surface area contributed by atoms with Crippen LogP contribution in [0.1, 0.15) is 32.1 Å². The van der Waals surface area contributed by atoms with Crippen molar-refractivity contribution >= 4 is 11.8 Å². The zero-order valence-corrected chi connectivity index (χ0v) is 12.5. The van der Waals surface area contributed by atoms with Crippen LogP contribution in [0.15, 0.2) is 6.20 Å². The van der Waals surface area contributed by atoms with Gasteiger partial charge in [-0.3, -0.25) is 0 Å². The summed E-state index contributed by atoms with van der Waals surface area (Å²) >= 11 is 0. The van der Waals surface area contributed by atoms with Gasteiger partial charge < -0.3 is 15.3 Å². The molecule has 2 aliphatic rings. The number of rotatable bonds is 5. The fraction of sp³-hybridized carbons (Fsp3) is 0.733. The van der Waals surface area contributed by atoms with Gasteiger partial charge in [-0.1, -0.05) is 12.8 Å². The zero-order valence-electron chi connectivity index (χ0n) is 12.5. The lowest BCUT2D eigenvalue weighted by molar-refractivity contribution is 0.0899. The number of aromatic nitrogens is 2. The van der Waals surface area contributed by atoms with Crippen molar-refractivity contribution in [2.75, 3.05) is 37.0 Å². The molecule has 5 nitrogen and oxygen atoms in total. The van der Waals surface area contributed by atoms with Crippen LogP contribution in [0.5, 0.6) is 0 Å². The number of nitrogens with zero attached hydrogens (tertiary/aromatic N) is 3. The lowest BCUT2D eigenvalue weighted by atomic mass is 9.76. The summed E-state index contributed by atoms with van der Waals surface area (Å²) in [5, 5.41) is 12.6. The summed E-state index contributed by atoms with van der Waals surface area (Å²) < 4.78 is 13.5. The third kappa shape index (κ3) is 3.10. The van der Waals surface area contributed by atoms with Crippen molar-refractivity contribution in [3.63, 3.8) is 0 Å². The van der Waals surface area contributed by atoms with Crippen molar-refractivity contribution in [3.05, 3.63) is 12.0 Å². The van der Waals surface area contributed by atoms with Crippen LogP contribution in [-0.2, 0) is 0 Å². The van der Waals surface area contributed by atoms with Crippen molar-refractivity contribution in [2.45, 2.75) is 32.1 Å². The highest BCUT2D eigenvalue weighted by atomic mass is 19.1. The van der Waals surface area contributed by atoms with Gasteiger partial charge in [0.05, 0.1) is 12.8 Å². The Hall–Kier alpha value is -1.43. The van der Waals surface area contributed by atoms with E-state index in [2.05, 4.69) is 20.2 Å². The summed E-state index contributed by atoms with van der Waals surface area (Å²) in [4.78, 5) is 10.5. The van der Waals surface area contributed by atoms with E-state index in [1.807, 2.05) is 0 Å². The van der Waals surface area contributed by atoms with Gasteiger partial charge in [0, 0.05) is 25.6 Å². The van der Waals surface area contributed by atoms with Gasteiger partial charge in [-0.25, -0.2) is 9.37 Å². The van der Waals surface area contributed by atoms with Gasteiger partial charge in [0.1, 0.15) is 0 Å². The maximum Gasteiger partial charge on any atom is 0.227 e. The van der Waals surface area contributed by atoms with Gasteiger partial charge in [-0.2, -0.15) is 4.98 Å².